The summed E-state index contributed by atoms with van der Waals surface area (Å²) in [5, 5.41) is 2.93. The summed E-state index contributed by atoms with van der Waals surface area (Å²) in [4.78, 5) is 29.0. The first kappa shape index (κ1) is 33.3. The van der Waals surface area contributed by atoms with Gasteiger partial charge in [-0.2, -0.15) is 0 Å². The largest absolute Gasteiger partial charge is 0.497 e. The average Bonchev–Trinajstić information content (AvgIpc) is 3.03. The molecule has 1 N–H and O–H groups in total. The maximum absolute atomic E-state index is 14.2. The Hall–Kier alpha value is -4.25. The van der Waals surface area contributed by atoms with E-state index in [2.05, 4.69) is 5.32 Å². The molecule has 43 heavy (non-hydrogen) atoms. The van der Waals surface area contributed by atoms with Crippen LogP contribution in [-0.4, -0.2) is 65.6 Å². The number of carbonyl (C=O) groups is 2. The van der Waals surface area contributed by atoms with E-state index in [0.717, 1.165) is 22.7 Å². The smallest absolute Gasteiger partial charge is 0.264 e. The molecule has 0 aliphatic heterocycles. The first-order chi connectivity index (χ1) is 20.7. The molecule has 0 unspecified atom stereocenters. The molecule has 3 aromatic carbocycles. The third-order valence-corrected chi connectivity index (χ3v) is 8.78. The maximum Gasteiger partial charge on any atom is 0.264 e. The minimum Gasteiger partial charge on any atom is -0.497 e. The Labute approximate surface area is 254 Å². The lowest BCUT2D eigenvalue weighted by atomic mass is 10.1. The van der Waals surface area contributed by atoms with Crippen LogP contribution in [0.25, 0.3) is 0 Å². The molecule has 3 rings (SSSR count). The van der Waals surface area contributed by atoms with Crippen molar-refractivity contribution in [2.24, 2.45) is 0 Å². The molecule has 3 aromatic rings. The molecule has 0 aliphatic rings. The van der Waals surface area contributed by atoms with Gasteiger partial charge >= 0.3 is 0 Å². The van der Waals surface area contributed by atoms with Crippen LogP contribution in [0.15, 0.2) is 77.7 Å². The molecular weight excluding hydrogens is 570 g/mol. The number of hydrogen-bond acceptors (Lipinski definition) is 7. The minimum absolute atomic E-state index is 0.0296. The van der Waals surface area contributed by atoms with E-state index in [1.807, 2.05) is 26.0 Å². The van der Waals surface area contributed by atoms with Crippen LogP contribution in [0.5, 0.6) is 17.2 Å². The van der Waals surface area contributed by atoms with Gasteiger partial charge in [0, 0.05) is 13.1 Å². The van der Waals surface area contributed by atoms with Crippen molar-refractivity contribution in [1.82, 2.24) is 10.2 Å². The number of anilines is 1. The third kappa shape index (κ3) is 8.41. The molecule has 0 heterocycles. The van der Waals surface area contributed by atoms with E-state index in [0.29, 0.717) is 24.5 Å². The average molecular weight is 612 g/mol. The second-order valence-corrected chi connectivity index (χ2v) is 11.7. The Morgan fingerprint density at radius 1 is 0.837 bits per heavy atom. The van der Waals surface area contributed by atoms with Crippen molar-refractivity contribution in [3.8, 4) is 17.2 Å². The highest BCUT2D eigenvalue weighted by Gasteiger charge is 2.34. The molecule has 0 fully saturated rings. The molecule has 11 heteroatoms. The molecule has 0 aliphatic carbocycles. The summed E-state index contributed by atoms with van der Waals surface area (Å²) in [6.45, 7) is 3.85. The molecular formula is C32H41N3O7S. The molecule has 232 valence electrons. The van der Waals surface area contributed by atoms with E-state index in [1.165, 1.54) is 31.3 Å². The van der Waals surface area contributed by atoms with Gasteiger partial charge in [-0.05, 0) is 66.9 Å². The number of hydrogen-bond donors (Lipinski definition) is 1. The molecule has 0 bridgehead atoms. The fourth-order valence-corrected chi connectivity index (χ4v) is 6.00. The van der Waals surface area contributed by atoms with Gasteiger partial charge in [0.25, 0.3) is 10.0 Å². The van der Waals surface area contributed by atoms with E-state index >= 15 is 0 Å². The third-order valence-electron chi connectivity index (χ3n) is 7.01. The molecule has 1 atom stereocenters. The Morgan fingerprint density at radius 3 is 2.00 bits per heavy atom. The highest BCUT2D eigenvalue weighted by molar-refractivity contribution is 7.92. The first-order valence-electron chi connectivity index (χ1n) is 14.2. The lowest BCUT2D eigenvalue weighted by molar-refractivity contribution is -0.140. The van der Waals surface area contributed by atoms with Gasteiger partial charge in [-0.25, -0.2) is 8.42 Å². The van der Waals surface area contributed by atoms with Crippen LogP contribution >= 0.6 is 0 Å². The second kappa shape index (κ2) is 15.8. The van der Waals surface area contributed by atoms with Crippen molar-refractivity contribution in [3.05, 3.63) is 78.4 Å². The highest BCUT2D eigenvalue weighted by atomic mass is 32.2. The lowest BCUT2D eigenvalue weighted by Gasteiger charge is -2.33. The zero-order valence-corrected chi connectivity index (χ0v) is 26.2. The van der Waals surface area contributed by atoms with Crippen LogP contribution in [0.2, 0.25) is 0 Å². The molecule has 2 amide bonds. The van der Waals surface area contributed by atoms with Crippen LogP contribution < -0.4 is 23.8 Å². The van der Waals surface area contributed by atoms with Gasteiger partial charge in [0.2, 0.25) is 11.8 Å². The van der Waals surface area contributed by atoms with Crippen molar-refractivity contribution in [2.45, 2.75) is 50.6 Å². The Kier molecular flexibility index (Phi) is 12.2. The summed E-state index contributed by atoms with van der Waals surface area (Å²) >= 11 is 0. The number of rotatable bonds is 16. The van der Waals surface area contributed by atoms with Crippen molar-refractivity contribution in [3.63, 3.8) is 0 Å². The molecule has 0 radical (unpaired) electrons. The summed E-state index contributed by atoms with van der Waals surface area (Å²) in [6.07, 6.45) is 2.04. The Balaban J connectivity index is 2.07. The number of amides is 2. The summed E-state index contributed by atoms with van der Waals surface area (Å²) in [6, 6.07) is 18.9. The zero-order chi connectivity index (χ0) is 31.4. The fourth-order valence-electron chi connectivity index (χ4n) is 4.58. The zero-order valence-electron chi connectivity index (χ0n) is 25.4. The van der Waals surface area contributed by atoms with Crippen molar-refractivity contribution in [1.29, 1.82) is 0 Å². The number of nitrogens with zero attached hydrogens (tertiary/aromatic N) is 2. The van der Waals surface area contributed by atoms with Crippen molar-refractivity contribution < 1.29 is 32.2 Å². The van der Waals surface area contributed by atoms with Crippen LogP contribution in [0.3, 0.4) is 0 Å². The van der Waals surface area contributed by atoms with Gasteiger partial charge in [-0.15, -0.1) is 0 Å². The van der Waals surface area contributed by atoms with E-state index in [4.69, 9.17) is 14.2 Å². The number of nitrogens with one attached hydrogen (secondary N) is 1. The predicted octanol–water partition coefficient (Wildman–Crippen LogP) is 4.63. The minimum atomic E-state index is -4.26. The summed E-state index contributed by atoms with van der Waals surface area (Å²) in [5.41, 5.74) is 0.954. The second-order valence-electron chi connectivity index (χ2n) is 9.80. The Bertz CT molecular complexity index is 1440. The van der Waals surface area contributed by atoms with Gasteiger partial charge in [-0.3, -0.25) is 13.9 Å². The number of ether oxygens (including phenoxy) is 3. The lowest BCUT2D eigenvalue weighted by Crippen LogP contribution is -2.52. The molecule has 10 nitrogen and oxygen atoms in total. The topological polar surface area (TPSA) is 114 Å². The van der Waals surface area contributed by atoms with Gasteiger partial charge in [0.1, 0.15) is 29.8 Å². The van der Waals surface area contributed by atoms with E-state index in [9.17, 15) is 18.0 Å². The van der Waals surface area contributed by atoms with Gasteiger partial charge in [0.05, 0.1) is 31.9 Å². The molecule has 0 saturated carbocycles. The van der Waals surface area contributed by atoms with E-state index in [-0.39, 0.29) is 28.8 Å². The summed E-state index contributed by atoms with van der Waals surface area (Å²) in [5.74, 6) is 0.581. The van der Waals surface area contributed by atoms with E-state index < -0.39 is 28.5 Å². The monoisotopic (exact) mass is 611 g/mol. The van der Waals surface area contributed by atoms with Crippen LogP contribution in [0.1, 0.15) is 38.7 Å². The van der Waals surface area contributed by atoms with Crippen molar-refractivity contribution >= 4 is 27.5 Å². The Morgan fingerprint density at radius 2 is 1.44 bits per heavy atom. The normalized spacial score (nSPS) is 11.7. The van der Waals surface area contributed by atoms with E-state index in [1.54, 1.807) is 55.6 Å². The molecule has 0 aromatic heterocycles. The maximum atomic E-state index is 14.2. The quantitative estimate of drug-likeness (QED) is 0.235. The van der Waals surface area contributed by atoms with Gasteiger partial charge in [0.15, 0.2) is 0 Å². The number of sulfonamides is 1. The molecule has 0 saturated heterocycles. The number of para-hydroxylation sites is 2. The molecule has 0 spiro atoms. The van der Waals surface area contributed by atoms with Gasteiger partial charge < -0.3 is 24.4 Å². The number of carbonyl (C=O) groups excluding carboxylic acids is 2. The highest BCUT2D eigenvalue weighted by Crippen LogP contribution is 2.33. The summed E-state index contributed by atoms with van der Waals surface area (Å²) in [7, 11) is 0.227. The predicted molar refractivity (Wildman–Crippen MR) is 166 cm³/mol. The number of unbranched alkanes of at least 4 members (excludes halogenated alkanes) is 1. The summed E-state index contributed by atoms with van der Waals surface area (Å²) < 4.78 is 45.2. The SMILES string of the molecule is CCCCNC(=O)[C@H](CC)N(Cc1ccc(OC)cc1)C(=O)CN(c1ccccc1OC)S(=O)(=O)c1ccc(OC)cc1. The fraction of sp³-hybridized carbons (Fsp3) is 0.375. The van der Waals surface area contributed by atoms with Gasteiger partial charge in [-0.1, -0.05) is 44.5 Å². The first-order valence-corrected chi connectivity index (χ1v) is 15.6. The van der Waals surface area contributed by atoms with Crippen LogP contribution in [-0.2, 0) is 26.2 Å². The van der Waals surface area contributed by atoms with Crippen molar-refractivity contribution in [2.75, 3.05) is 38.7 Å². The van der Waals surface area contributed by atoms with Crippen LogP contribution in [0.4, 0.5) is 5.69 Å². The number of methoxy groups -OCH3 is 3. The standard InChI is InChI=1S/C32H41N3O7S/c1-6-8-21-33-32(37)28(7-2)34(22-24-13-15-25(40-3)16-14-24)31(36)23-35(29-11-9-10-12-30(29)42-5)43(38,39)27-19-17-26(41-4)18-20-27/h9-20,28H,6-8,21-23H2,1-5H3,(H,33,37)/t28-/m0/s1. The number of benzene rings is 3. The van der Waals surface area contributed by atoms with Crippen LogP contribution in [0, 0.1) is 0 Å².